The molecule has 2 heteroatoms. The van der Waals surface area contributed by atoms with Gasteiger partial charge in [0.1, 0.15) is 5.75 Å². The average Bonchev–Trinajstić information content (AvgIpc) is 2.30. The average molecular weight is 216 g/mol. The van der Waals surface area contributed by atoms with E-state index in [1.54, 1.807) is 23.9 Å². The molecular formula is C13H12OS. The number of phenolic OH excluding ortho intramolecular Hbond substituents is 1. The lowest BCUT2D eigenvalue weighted by molar-refractivity contribution is 0.475. The van der Waals surface area contributed by atoms with Crippen LogP contribution in [0, 0.1) is 0 Å². The largest absolute Gasteiger partial charge is 0.508 e. The molecule has 0 aliphatic heterocycles. The molecule has 0 radical (unpaired) electrons. The Labute approximate surface area is 93.8 Å². The Kier molecular flexibility index (Phi) is 3.30. The molecule has 1 nitrogen and oxygen atoms in total. The van der Waals surface area contributed by atoms with E-state index >= 15 is 0 Å². The molecule has 0 saturated carbocycles. The predicted molar refractivity (Wildman–Crippen MR) is 64.1 cm³/mol. The summed E-state index contributed by atoms with van der Waals surface area (Å²) < 4.78 is 0. The maximum Gasteiger partial charge on any atom is 0.115 e. The van der Waals surface area contributed by atoms with Crippen LogP contribution in [0.4, 0.5) is 0 Å². The van der Waals surface area contributed by atoms with Gasteiger partial charge in [-0.3, -0.25) is 0 Å². The number of hydrogen-bond acceptors (Lipinski definition) is 2. The Hall–Kier alpha value is -1.41. The summed E-state index contributed by atoms with van der Waals surface area (Å²) in [6.07, 6.45) is 0. The molecule has 0 bridgehead atoms. The first-order valence-electron chi connectivity index (χ1n) is 4.80. The molecule has 2 aromatic carbocycles. The number of phenols is 1. The molecule has 0 fully saturated rings. The Balaban J connectivity index is 1.96. The monoisotopic (exact) mass is 216 g/mol. The summed E-state index contributed by atoms with van der Waals surface area (Å²) in [7, 11) is 0. The maximum atomic E-state index is 9.14. The van der Waals surface area contributed by atoms with Gasteiger partial charge in [0.15, 0.2) is 0 Å². The third-order valence-electron chi connectivity index (χ3n) is 2.09. The third-order valence-corrected chi connectivity index (χ3v) is 3.17. The maximum absolute atomic E-state index is 9.14. The van der Waals surface area contributed by atoms with Gasteiger partial charge in [0.2, 0.25) is 0 Å². The fourth-order valence-electron chi connectivity index (χ4n) is 1.28. The molecule has 15 heavy (non-hydrogen) atoms. The number of thioether (sulfide) groups is 1. The summed E-state index contributed by atoms with van der Waals surface area (Å²) in [4.78, 5) is 1.27. The highest BCUT2D eigenvalue weighted by atomic mass is 32.2. The van der Waals surface area contributed by atoms with E-state index in [4.69, 9.17) is 5.11 Å². The van der Waals surface area contributed by atoms with E-state index < -0.39 is 0 Å². The van der Waals surface area contributed by atoms with Gasteiger partial charge < -0.3 is 5.11 Å². The standard InChI is InChI=1S/C13H12OS/c14-12-8-6-11(7-9-12)10-15-13-4-2-1-3-5-13/h1-9,14H,10H2. The van der Waals surface area contributed by atoms with E-state index in [0.717, 1.165) is 5.75 Å². The zero-order chi connectivity index (χ0) is 10.5. The van der Waals surface area contributed by atoms with E-state index in [1.165, 1.54) is 10.5 Å². The van der Waals surface area contributed by atoms with E-state index in [9.17, 15) is 0 Å². The zero-order valence-electron chi connectivity index (χ0n) is 8.26. The van der Waals surface area contributed by atoms with Crippen LogP contribution in [0.15, 0.2) is 59.5 Å². The van der Waals surface area contributed by atoms with Gasteiger partial charge in [-0.2, -0.15) is 0 Å². The van der Waals surface area contributed by atoms with Crippen molar-refractivity contribution in [1.29, 1.82) is 0 Å². The van der Waals surface area contributed by atoms with Crippen molar-refractivity contribution < 1.29 is 5.11 Å². The lowest BCUT2D eigenvalue weighted by Gasteiger charge is -2.01. The van der Waals surface area contributed by atoms with E-state index in [0.29, 0.717) is 5.75 Å². The minimum Gasteiger partial charge on any atom is -0.508 e. The molecule has 1 N–H and O–H groups in total. The first kappa shape index (κ1) is 10.1. The van der Waals surface area contributed by atoms with Gasteiger partial charge in [0.25, 0.3) is 0 Å². The second-order valence-corrected chi connectivity index (χ2v) is 4.32. The van der Waals surface area contributed by atoms with Crippen LogP contribution in [-0.2, 0) is 5.75 Å². The van der Waals surface area contributed by atoms with Crippen LogP contribution < -0.4 is 0 Å². The van der Waals surface area contributed by atoms with Gasteiger partial charge in [-0.15, -0.1) is 11.8 Å². The van der Waals surface area contributed by atoms with Crippen LogP contribution in [-0.4, -0.2) is 5.11 Å². The molecule has 0 amide bonds. The van der Waals surface area contributed by atoms with E-state index in [-0.39, 0.29) is 0 Å². The highest BCUT2D eigenvalue weighted by Crippen LogP contribution is 2.22. The quantitative estimate of drug-likeness (QED) is 0.790. The van der Waals surface area contributed by atoms with Crippen LogP contribution in [0.1, 0.15) is 5.56 Å². The molecule has 0 spiro atoms. The van der Waals surface area contributed by atoms with Gasteiger partial charge in [0, 0.05) is 10.6 Å². The second kappa shape index (κ2) is 4.89. The first-order valence-corrected chi connectivity index (χ1v) is 5.79. The Bertz CT molecular complexity index is 408. The van der Waals surface area contributed by atoms with Crippen LogP contribution >= 0.6 is 11.8 Å². The van der Waals surface area contributed by atoms with Crippen molar-refractivity contribution in [2.45, 2.75) is 10.6 Å². The van der Waals surface area contributed by atoms with Gasteiger partial charge in [-0.05, 0) is 29.8 Å². The normalized spacial score (nSPS) is 10.1. The molecule has 0 unspecified atom stereocenters. The minimum atomic E-state index is 0.323. The van der Waals surface area contributed by atoms with Crippen molar-refractivity contribution >= 4 is 11.8 Å². The topological polar surface area (TPSA) is 20.2 Å². The number of aromatic hydroxyl groups is 1. The second-order valence-electron chi connectivity index (χ2n) is 3.27. The molecule has 0 aliphatic carbocycles. The summed E-state index contributed by atoms with van der Waals surface area (Å²) in [5, 5.41) is 9.14. The summed E-state index contributed by atoms with van der Waals surface area (Å²) >= 11 is 1.80. The van der Waals surface area contributed by atoms with Crippen LogP contribution in [0.2, 0.25) is 0 Å². The first-order chi connectivity index (χ1) is 7.34. The number of benzene rings is 2. The molecule has 2 aromatic rings. The molecule has 0 heterocycles. The highest BCUT2D eigenvalue weighted by Gasteiger charge is 1.95. The molecule has 0 aliphatic rings. The van der Waals surface area contributed by atoms with Crippen LogP contribution in [0.25, 0.3) is 0 Å². The zero-order valence-corrected chi connectivity index (χ0v) is 9.08. The van der Waals surface area contributed by atoms with Crippen molar-refractivity contribution in [3.63, 3.8) is 0 Å². The Morgan fingerprint density at radius 2 is 1.53 bits per heavy atom. The highest BCUT2D eigenvalue weighted by molar-refractivity contribution is 7.98. The summed E-state index contributed by atoms with van der Waals surface area (Å²) in [6, 6.07) is 17.7. The lowest BCUT2D eigenvalue weighted by Crippen LogP contribution is -1.79. The lowest BCUT2D eigenvalue weighted by atomic mass is 10.2. The molecule has 0 atom stereocenters. The molecule has 0 aromatic heterocycles. The summed E-state index contributed by atoms with van der Waals surface area (Å²) in [6.45, 7) is 0. The molecule has 0 saturated heterocycles. The van der Waals surface area contributed by atoms with Gasteiger partial charge in [0.05, 0.1) is 0 Å². The Morgan fingerprint density at radius 3 is 2.20 bits per heavy atom. The van der Waals surface area contributed by atoms with Crippen molar-refractivity contribution in [2.24, 2.45) is 0 Å². The fourth-order valence-corrected chi connectivity index (χ4v) is 2.15. The summed E-state index contributed by atoms with van der Waals surface area (Å²) in [5.41, 5.74) is 1.22. The smallest absolute Gasteiger partial charge is 0.115 e. The van der Waals surface area contributed by atoms with Crippen LogP contribution in [0.5, 0.6) is 5.75 Å². The number of hydrogen-bond donors (Lipinski definition) is 1. The molecular weight excluding hydrogens is 204 g/mol. The van der Waals surface area contributed by atoms with Gasteiger partial charge in [-0.25, -0.2) is 0 Å². The third kappa shape index (κ3) is 3.03. The number of rotatable bonds is 3. The fraction of sp³-hybridized carbons (Fsp3) is 0.0769. The SMILES string of the molecule is Oc1ccc(CSc2ccccc2)cc1. The van der Waals surface area contributed by atoms with Crippen molar-refractivity contribution in [3.05, 3.63) is 60.2 Å². The Morgan fingerprint density at radius 1 is 0.867 bits per heavy atom. The molecule has 76 valence electrons. The van der Waals surface area contributed by atoms with Crippen molar-refractivity contribution in [3.8, 4) is 5.75 Å². The van der Waals surface area contributed by atoms with Crippen molar-refractivity contribution in [1.82, 2.24) is 0 Å². The van der Waals surface area contributed by atoms with Gasteiger partial charge >= 0.3 is 0 Å². The summed E-state index contributed by atoms with van der Waals surface area (Å²) in [5.74, 6) is 1.26. The predicted octanol–water partition coefficient (Wildman–Crippen LogP) is 3.68. The van der Waals surface area contributed by atoms with Crippen molar-refractivity contribution in [2.75, 3.05) is 0 Å². The van der Waals surface area contributed by atoms with Crippen LogP contribution in [0.3, 0.4) is 0 Å². The van der Waals surface area contributed by atoms with E-state index in [2.05, 4.69) is 12.1 Å². The molecule has 2 rings (SSSR count). The van der Waals surface area contributed by atoms with Gasteiger partial charge in [-0.1, -0.05) is 30.3 Å². The van der Waals surface area contributed by atoms with E-state index in [1.807, 2.05) is 30.3 Å². The minimum absolute atomic E-state index is 0.323.